The molecular formula is C13H11ClN2O2S. The van der Waals surface area contributed by atoms with E-state index in [0.29, 0.717) is 10.7 Å². The topological polar surface area (TPSA) is 72.5 Å². The Morgan fingerprint density at radius 2 is 1.58 bits per heavy atom. The smallest absolute Gasteiger partial charge is 0.238 e. The van der Waals surface area contributed by atoms with Crippen molar-refractivity contribution < 1.29 is 8.42 Å². The molecule has 19 heavy (non-hydrogen) atoms. The van der Waals surface area contributed by atoms with Crippen LogP contribution < -0.4 is 5.14 Å². The predicted molar refractivity (Wildman–Crippen MR) is 76.5 cm³/mol. The SMILES string of the molecule is NS(=O)(=O)c1ccc(N=Cc2ccc(Cl)cc2)cc1. The van der Waals surface area contributed by atoms with Gasteiger partial charge in [-0.25, -0.2) is 13.6 Å². The first-order valence-electron chi connectivity index (χ1n) is 5.38. The van der Waals surface area contributed by atoms with E-state index in [1.807, 2.05) is 12.1 Å². The molecular weight excluding hydrogens is 284 g/mol. The van der Waals surface area contributed by atoms with Crippen LogP contribution in [0.25, 0.3) is 0 Å². The highest BCUT2D eigenvalue weighted by Crippen LogP contribution is 2.16. The Kier molecular flexibility index (Phi) is 3.99. The summed E-state index contributed by atoms with van der Waals surface area (Å²) in [4.78, 5) is 4.29. The van der Waals surface area contributed by atoms with Crippen molar-refractivity contribution in [1.82, 2.24) is 0 Å². The summed E-state index contributed by atoms with van der Waals surface area (Å²) >= 11 is 5.78. The zero-order chi connectivity index (χ0) is 13.9. The maximum Gasteiger partial charge on any atom is 0.238 e. The number of rotatable bonds is 3. The Bertz CT molecular complexity index is 692. The van der Waals surface area contributed by atoms with Crippen LogP contribution in [0, 0.1) is 0 Å². The largest absolute Gasteiger partial charge is 0.256 e. The van der Waals surface area contributed by atoms with E-state index in [4.69, 9.17) is 16.7 Å². The van der Waals surface area contributed by atoms with E-state index in [9.17, 15) is 8.42 Å². The van der Waals surface area contributed by atoms with E-state index in [1.54, 1.807) is 30.5 Å². The molecule has 0 atom stereocenters. The van der Waals surface area contributed by atoms with Gasteiger partial charge in [-0.3, -0.25) is 4.99 Å². The molecule has 2 rings (SSSR count). The second-order valence-electron chi connectivity index (χ2n) is 3.85. The molecule has 2 aromatic carbocycles. The third-order valence-electron chi connectivity index (χ3n) is 2.40. The quantitative estimate of drug-likeness (QED) is 0.884. The van der Waals surface area contributed by atoms with Gasteiger partial charge in [0.1, 0.15) is 0 Å². The van der Waals surface area contributed by atoms with E-state index in [2.05, 4.69) is 4.99 Å². The van der Waals surface area contributed by atoms with Crippen molar-refractivity contribution in [2.45, 2.75) is 4.90 Å². The molecule has 0 bridgehead atoms. The number of halogens is 1. The lowest BCUT2D eigenvalue weighted by Crippen LogP contribution is -2.11. The fraction of sp³-hybridized carbons (Fsp3) is 0. The molecule has 0 unspecified atom stereocenters. The standard InChI is InChI=1S/C13H11ClN2O2S/c14-11-3-1-10(2-4-11)9-16-12-5-7-13(8-6-12)19(15,17)18/h1-9H,(H2,15,17,18). The average molecular weight is 295 g/mol. The Morgan fingerprint density at radius 3 is 2.11 bits per heavy atom. The fourth-order valence-electron chi connectivity index (χ4n) is 1.42. The van der Waals surface area contributed by atoms with Crippen LogP contribution in [0.4, 0.5) is 5.69 Å². The maximum absolute atomic E-state index is 11.1. The van der Waals surface area contributed by atoms with Gasteiger partial charge < -0.3 is 0 Å². The van der Waals surface area contributed by atoms with Crippen LogP contribution in [0.15, 0.2) is 58.4 Å². The first-order valence-corrected chi connectivity index (χ1v) is 7.30. The molecule has 0 saturated carbocycles. The van der Waals surface area contributed by atoms with Gasteiger partial charge in [0, 0.05) is 11.2 Å². The summed E-state index contributed by atoms with van der Waals surface area (Å²) in [6.45, 7) is 0. The number of hydrogen-bond acceptors (Lipinski definition) is 3. The highest BCUT2D eigenvalue weighted by Gasteiger charge is 2.05. The lowest BCUT2D eigenvalue weighted by molar-refractivity contribution is 0.598. The Balaban J connectivity index is 2.18. The normalized spacial score (nSPS) is 11.9. The van der Waals surface area contributed by atoms with E-state index >= 15 is 0 Å². The maximum atomic E-state index is 11.1. The first-order chi connectivity index (χ1) is 8.95. The molecule has 2 aromatic rings. The van der Waals surface area contributed by atoms with Crippen LogP contribution in [0.5, 0.6) is 0 Å². The van der Waals surface area contributed by atoms with Crippen molar-refractivity contribution in [3.8, 4) is 0 Å². The van der Waals surface area contributed by atoms with Crippen LogP contribution >= 0.6 is 11.6 Å². The summed E-state index contributed by atoms with van der Waals surface area (Å²) in [5.41, 5.74) is 1.54. The van der Waals surface area contributed by atoms with Crippen molar-refractivity contribution in [2.24, 2.45) is 10.1 Å². The van der Waals surface area contributed by atoms with Crippen molar-refractivity contribution in [3.63, 3.8) is 0 Å². The molecule has 6 heteroatoms. The van der Waals surface area contributed by atoms with Crippen molar-refractivity contribution >= 4 is 33.5 Å². The molecule has 2 N–H and O–H groups in total. The van der Waals surface area contributed by atoms with E-state index in [0.717, 1.165) is 5.56 Å². The fourth-order valence-corrected chi connectivity index (χ4v) is 2.06. The molecule has 0 radical (unpaired) electrons. The van der Waals surface area contributed by atoms with Gasteiger partial charge in [-0.05, 0) is 42.0 Å². The van der Waals surface area contributed by atoms with Crippen LogP contribution in [0.3, 0.4) is 0 Å². The monoisotopic (exact) mass is 294 g/mol. The molecule has 0 aromatic heterocycles. The van der Waals surface area contributed by atoms with Gasteiger partial charge in [0.15, 0.2) is 0 Å². The summed E-state index contributed by atoms with van der Waals surface area (Å²) < 4.78 is 22.2. The number of sulfonamides is 1. The minimum absolute atomic E-state index is 0.0675. The Labute approximate surface area is 116 Å². The lowest BCUT2D eigenvalue weighted by atomic mass is 10.2. The highest BCUT2D eigenvalue weighted by atomic mass is 35.5. The van der Waals surface area contributed by atoms with E-state index < -0.39 is 10.0 Å². The third kappa shape index (κ3) is 3.89. The molecule has 0 aliphatic heterocycles. The zero-order valence-electron chi connectivity index (χ0n) is 9.82. The zero-order valence-corrected chi connectivity index (χ0v) is 11.4. The number of nitrogens with two attached hydrogens (primary N) is 1. The van der Waals surface area contributed by atoms with Crippen LogP contribution in [0.2, 0.25) is 5.02 Å². The van der Waals surface area contributed by atoms with Crippen molar-refractivity contribution in [3.05, 3.63) is 59.1 Å². The molecule has 0 aliphatic rings. The highest BCUT2D eigenvalue weighted by molar-refractivity contribution is 7.89. The second-order valence-corrected chi connectivity index (χ2v) is 5.85. The summed E-state index contributed by atoms with van der Waals surface area (Å²) in [6.07, 6.45) is 1.67. The summed E-state index contributed by atoms with van der Waals surface area (Å²) in [7, 11) is -3.66. The van der Waals surface area contributed by atoms with Gasteiger partial charge in [-0.2, -0.15) is 0 Å². The van der Waals surface area contributed by atoms with Crippen LogP contribution in [0.1, 0.15) is 5.56 Å². The lowest BCUT2D eigenvalue weighted by Gasteiger charge is -1.98. The summed E-state index contributed by atoms with van der Waals surface area (Å²) in [6, 6.07) is 13.2. The van der Waals surface area contributed by atoms with Crippen LogP contribution in [-0.2, 0) is 10.0 Å². The van der Waals surface area contributed by atoms with Gasteiger partial charge in [0.05, 0.1) is 10.6 Å². The molecule has 0 spiro atoms. The number of hydrogen-bond donors (Lipinski definition) is 1. The number of nitrogens with zero attached hydrogens (tertiary/aromatic N) is 1. The molecule has 0 aliphatic carbocycles. The van der Waals surface area contributed by atoms with Crippen molar-refractivity contribution in [2.75, 3.05) is 0 Å². The molecule has 4 nitrogen and oxygen atoms in total. The van der Waals surface area contributed by atoms with Gasteiger partial charge >= 0.3 is 0 Å². The van der Waals surface area contributed by atoms with E-state index in [1.165, 1.54) is 12.1 Å². The van der Waals surface area contributed by atoms with Gasteiger partial charge in [-0.15, -0.1) is 0 Å². The second kappa shape index (κ2) is 5.52. The number of benzene rings is 2. The first kappa shape index (κ1) is 13.7. The molecule has 98 valence electrons. The number of aliphatic imine (C=N–C) groups is 1. The predicted octanol–water partition coefficient (Wildman–Crippen LogP) is 2.74. The average Bonchev–Trinajstić information content (AvgIpc) is 2.37. The van der Waals surface area contributed by atoms with Gasteiger partial charge in [-0.1, -0.05) is 23.7 Å². The Hall–Kier alpha value is -1.69. The summed E-state index contributed by atoms with van der Waals surface area (Å²) in [5, 5.41) is 5.67. The van der Waals surface area contributed by atoms with Crippen LogP contribution in [-0.4, -0.2) is 14.6 Å². The minimum atomic E-state index is -3.66. The van der Waals surface area contributed by atoms with E-state index in [-0.39, 0.29) is 4.90 Å². The third-order valence-corrected chi connectivity index (χ3v) is 3.58. The molecule has 0 fully saturated rings. The molecule has 0 amide bonds. The van der Waals surface area contributed by atoms with Crippen molar-refractivity contribution in [1.29, 1.82) is 0 Å². The Morgan fingerprint density at radius 1 is 1.00 bits per heavy atom. The molecule has 0 saturated heterocycles. The van der Waals surface area contributed by atoms with Gasteiger partial charge in [0.2, 0.25) is 10.0 Å². The summed E-state index contributed by atoms with van der Waals surface area (Å²) in [5.74, 6) is 0. The number of primary sulfonamides is 1. The van der Waals surface area contributed by atoms with Gasteiger partial charge in [0.25, 0.3) is 0 Å². The molecule has 0 heterocycles. The minimum Gasteiger partial charge on any atom is -0.256 e.